The Morgan fingerprint density at radius 1 is 0.967 bits per heavy atom. The van der Waals surface area contributed by atoms with Crippen LogP contribution in [0.3, 0.4) is 0 Å². The SMILES string of the molecule is CCSc1nnnn1-c1ccc(NC(=O)c2ccc(Oc3ccccc3)cc2)cc1. The maximum absolute atomic E-state index is 12.5. The molecule has 30 heavy (non-hydrogen) atoms. The number of carbonyl (C=O) groups excluding carboxylic acids is 1. The fraction of sp³-hybridized carbons (Fsp3) is 0.0909. The monoisotopic (exact) mass is 417 g/mol. The zero-order valence-electron chi connectivity index (χ0n) is 16.2. The number of carbonyl (C=O) groups is 1. The third-order valence-electron chi connectivity index (χ3n) is 4.18. The fourth-order valence-electron chi connectivity index (χ4n) is 2.75. The molecule has 4 aromatic rings. The van der Waals surface area contributed by atoms with Gasteiger partial charge in [0, 0.05) is 11.3 Å². The van der Waals surface area contributed by atoms with Crippen molar-refractivity contribution >= 4 is 23.4 Å². The average Bonchev–Trinajstić information content (AvgIpc) is 3.24. The van der Waals surface area contributed by atoms with Crippen LogP contribution in [0.5, 0.6) is 11.5 Å². The number of nitrogens with zero attached hydrogens (tertiary/aromatic N) is 4. The number of amides is 1. The summed E-state index contributed by atoms with van der Waals surface area (Å²) >= 11 is 1.56. The molecule has 0 atom stereocenters. The highest BCUT2D eigenvalue weighted by Crippen LogP contribution is 2.22. The van der Waals surface area contributed by atoms with Gasteiger partial charge in [-0.25, -0.2) is 0 Å². The van der Waals surface area contributed by atoms with E-state index in [2.05, 4.69) is 20.8 Å². The Hall–Kier alpha value is -3.65. The van der Waals surface area contributed by atoms with Crippen LogP contribution in [0, 0.1) is 0 Å². The Balaban J connectivity index is 1.40. The van der Waals surface area contributed by atoms with Gasteiger partial charge in [-0.2, -0.15) is 4.68 Å². The van der Waals surface area contributed by atoms with Crippen molar-refractivity contribution in [2.75, 3.05) is 11.1 Å². The van der Waals surface area contributed by atoms with E-state index in [1.165, 1.54) is 0 Å². The summed E-state index contributed by atoms with van der Waals surface area (Å²) in [7, 11) is 0. The number of aromatic nitrogens is 4. The minimum absolute atomic E-state index is 0.196. The van der Waals surface area contributed by atoms with Crippen LogP contribution in [0.25, 0.3) is 5.69 Å². The molecule has 0 radical (unpaired) electrons. The van der Waals surface area contributed by atoms with E-state index in [0.717, 1.165) is 22.3 Å². The van der Waals surface area contributed by atoms with E-state index in [9.17, 15) is 4.79 Å². The van der Waals surface area contributed by atoms with Crippen LogP contribution in [-0.4, -0.2) is 31.9 Å². The van der Waals surface area contributed by atoms with Gasteiger partial charge in [0.1, 0.15) is 11.5 Å². The summed E-state index contributed by atoms with van der Waals surface area (Å²) in [5.41, 5.74) is 2.06. The van der Waals surface area contributed by atoms with Crippen molar-refractivity contribution < 1.29 is 9.53 Å². The standard InChI is InChI=1S/C22H19N5O2S/c1-2-30-22-24-25-26-27(22)18-12-10-17(11-13-18)23-21(28)16-8-14-20(15-9-16)29-19-6-4-3-5-7-19/h3-15H,2H2,1H3,(H,23,28). The molecule has 1 amide bonds. The zero-order valence-corrected chi connectivity index (χ0v) is 17.0. The summed E-state index contributed by atoms with van der Waals surface area (Å²) < 4.78 is 7.43. The van der Waals surface area contributed by atoms with Gasteiger partial charge in [-0.1, -0.05) is 36.9 Å². The Bertz CT molecular complexity index is 1110. The molecule has 150 valence electrons. The molecule has 8 heteroatoms. The second kappa shape index (κ2) is 9.23. The summed E-state index contributed by atoms with van der Waals surface area (Å²) in [4.78, 5) is 12.5. The van der Waals surface area contributed by atoms with Crippen molar-refractivity contribution in [3.05, 3.63) is 84.4 Å². The first-order valence-corrected chi connectivity index (χ1v) is 10.4. The van der Waals surface area contributed by atoms with Crippen molar-refractivity contribution in [3.8, 4) is 17.2 Å². The van der Waals surface area contributed by atoms with Gasteiger partial charge >= 0.3 is 0 Å². The number of thioether (sulfide) groups is 1. The molecule has 1 aromatic heterocycles. The Labute approximate surface area is 178 Å². The minimum atomic E-state index is -0.196. The van der Waals surface area contributed by atoms with E-state index in [0.29, 0.717) is 17.0 Å². The lowest BCUT2D eigenvalue weighted by Gasteiger charge is -2.09. The van der Waals surface area contributed by atoms with Gasteiger partial charge in [-0.15, -0.1) is 5.10 Å². The second-order valence-electron chi connectivity index (χ2n) is 6.25. The molecular formula is C22H19N5O2S. The van der Waals surface area contributed by atoms with Crippen LogP contribution in [0.1, 0.15) is 17.3 Å². The number of hydrogen-bond acceptors (Lipinski definition) is 6. The van der Waals surface area contributed by atoms with Crippen LogP contribution < -0.4 is 10.1 Å². The lowest BCUT2D eigenvalue weighted by molar-refractivity contribution is 0.102. The predicted molar refractivity (Wildman–Crippen MR) is 116 cm³/mol. The quantitative estimate of drug-likeness (QED) is 0.434. The summed E-state index contributed by atoms with van der Waals surface area (Å²) in [5, 5.41) is 15.4. The molecule has 0 saturated heterocycles. The Kier molecular flexibility index (Phi) is 6.05. The minimum Gasteiger partial charge on any atom is -0.457 e. The predicted octanol–water partition coefficient (Wildman–Crippen LogP) is 4.82. The third-order valence-corrected chi connectivity index (χ3v) is 4.98. The topological polar surface area (TPSA) is 81.9 Å². The highest BCUT2D eigenvalue weighted by Gasteiger charge is 2.10. The summed E-state index contributed by atoms with van der Waals surface area (Å²) in [5.74, 6) is 2.10. The van der Waals surface area contributed by atoms with E-state index >= 15 is 0 Å². The molecule has 0 aliphatic carbocycles. The van der Waals surface area contributed by atoms with E-state index in [4.69, 9.17) is 4.74 Å². The van der Waals surface area contributed by atoms with Crippen molar-refractivity contribution in [3.63, 3.8) is 0 Å². The van der Waals surface area contributed by atoms with Crippen LogP contribution in [0.4, 0.5) is 5.69 Å². The first-order chi connectivity index (χ1) is 14.7. The maximum atomic E-state index is 12.5. The number of anilines is 1. The molecule has 0 spiro atoms. The summed E-state index contributed by atoms with van der Waals surface area (Å²) in [6.07, 6.45) is 0. The Morgan fingerprint density at radius 3 is 2.37 bits per heavy atom. The van der Waals surface area contributed by atoms with E-state index in [-0.39, 0.29) is 5.91 Å². The number of rotatable bonds is 7. The van der Waals surface area contributed by atoms with Gasteiger partial charge in [0.15, 0.2) is 0 Å². The highest BCUT2D eigenvalue weighted by molar-refractivity contribution is 7.99. The van der Waals surface area contributed by atoms with Gasteiger partial charge in [0.25, 0.3) is 5.91 Å². The van der Waals surface area contributed by atoms with Crippen molar-refractivity contribution in [2.45, 2.75) is 12.1 Å². The molecule has 0 aliphatic heterocycles. The lowest BCUT2D eigenvalue weighted by atomic mass is 10.2. The molecule has 0 bridgehead atoms. The molecule has 0 aliphatic rings. The van der Waals surface area contributed by atoms with E-state index < -0.39 is 0 Å². The van der Waals surface area contributed by atoms with Gasteiger partial charge < -0.3 is 10.1 Å². The van der Waals surface area contributed by atoms with Crippen molar-refractivity contribution in [2.24, 2.45) is 0 Å². The van der Waals surface area contributed by atoms with Crippen LogP contribution in [0.2, 0.25) is 0 Å². The number of nitrogens with one attached hydrogen (secondary N) is 1. The maximum Gasteiger partial charge on any atom is 0.255 e. The number of tetrazole rings is 1. The van der Waals surface area contributed by atoms with Gasteiger partial charge in [-0.05, 0) is 76.8 Å². The second-order valence-corrected chi connectivity index (χ2v) is 7.48. The molecule has 7 nitrogen and oxygen atoms in total. The van der Waals surface area contributed by atoms with Crippen LogP contribution in [0.15, 0.2) is 84.0 Å². The first kappa shape index (κ1) is 19.7. The van der Waals surface area contributed by atoms with Gasteiger partial charge in [-0.3, -0.25) is 4.79 Å². The molecular weight excluding hydrogens is 398 g/mol. The van der Waals surface area contributed by atoms with Crippen LogP contribution >= 0.6 is 11.8 Å². The number of hydrogen-bond donors (Lipinski definition) is 1. The molecule has 4 rings (SSSR count). The summed E-state index contributed by atoms with van der Waals surface area (Å²) in [6.45, 7) is 2.04. The molecule has 0 saturated carbocycles. The number of ether oxygens (including phenoxy) is 1. The highest BCUT2D eigenvalue weighted by atomic mass is 32.2. The first-order valence-electron chi connectivity index (χ1n) is 9.39. The average molecular weight is 417 g/mol. The molecule has 0 unspecified atom stereocenters. The molecule has 0 fully saturated rings. The largest absolute Gasteiger partial charge is 0.457 e. The van der Waals surface area contributed by atoms with E-state index in [1.807, 2.05) is 61.5 Å². The summed E-state index contributed by atoms with van der Waals surface area (Å²) in [6, 6.07) is 23.9. The van der Waals surface area contributed by atoms with E-state index in [1.54, 1.807) is 40.7 Å². The third kappa shape index (κ3) is 4.66. The molecule has 1 heterocycles. The molecule has 3 aromatic carbocycles. The Morgan fingerprint density at radius 2 is 1.67 bits per heavy atom. The zero-order chi connectivity index (χ0) is 20.8. The van der Waals surface area contributed by atoms with Crippen LogP contribution in [-0.2, 0) is 0 Å². The van der Waals surface area contributed by atoms with Gasteiger partial charge in [0.05, 0.1) is 5.69 Å². The molecule has 1 N–H and O–H groups in total. The van der Waals surface area contributed by atoms with Crippen molar-refractivity contribution in [1.29, 1.82) is 0 Å². The fourth-order valence-corrected chi connectivity index (χ4v) is 3.36. The number of benzene rings is 3. The smallest absolute Gasteiger partial charge is 0.255 e. The lowest BCUT2D eigenvalue weighted by Crippen LogP contribution is -2.11. The van der Waals surface area contributed by atoms with Gasteiger partial charge in [0.2, 0.25) is 5.16 Å². The normalized spacial score (nSPS) is 10.6. The number of para-hydroxylation sites is 1. The van der Waals surface area contributed by atoms with Crippen molar-refractivity contribution in [1.82, 2.24) is 20.2 Å².